The molecule has 0 amide bonds. The average molecular weight is 276 g/mol. The number of aliphatic imine (C=N–C) groups is 1. The molecule has 1 aromatic heterocycles. The normalized spacial score (nSPS) is 18.2. The maximum atomic E-state index is 13.4. The van der Waals surface area contributed by atoms with E-state index in [0.717, 1.165) is 39.6 Å². The first-order valence-corrected chi connectivity index (χ1v) is 7.45. The van der Waals surface area contributed by atoms with Gasteiger partial charge in [-0.1, -0.05) is 11.8 Å². The minimum absolute atomic E-state index is 0.177. The Morgan fingerprint density at radius 2 is 2.28 bits per heavy atom. The summed E-state index contributed by atoms with van der Waals surface area (Å²) >= 11 is 3.32. The topological polar surface area (TPSA) is 15.6 Å². The van der Waals surface area contributed by atoms with E-state index in [1.807, 2.05) is 6.07 Å². The Kier molecular flexibility index (Phi) is 2.25. The highest BCUT2D eigenvalue weighted by Crippen LogP contribution is 2.40. The summed E-state index contributed by atoms with van der Waals surface area (Å²) in [6.07, 6.45) is 0. The van der Waals surface area contributed by atoms with Crippen LogP contribution in [0.3, 0.4) is 0 Å². The summed E-state index contributed by atoms with van der Waals surface area (Å²) in [4.78, 5) is 6.66. The van der Waals surface area contributed by atoms with Crippen molar-refractivity contribution in [3.63, 3.8) is 0 Å². The highest BCUT2D eigenvalue weighted by molar-refractivity contribution is 8.16. The van der Waals surface area contributed by atoms with Gasteiger partial charge in [-0.2, -0.15) is 0 Å². The number of halogens is 1. The number of fused-ring (bicyclic) bond motifs is 2. The first-order chi connectivity index (χ1) is 8.83. The fourth-order valence-electron chi connectivity index (χ4n) is 2.33. The lowest BCUT2D eigenvalue weighted by atomic mass is 10.1. The lowest BCUT2D eigenvalue weighted by molar-refractivity contribution is 0.629. The zero-order valence-electron chi connectivity index (χ0n) is 9.39. The van der Waals surface area contributed by atoms with Gasteiger partial charge in [0.25, 0.3) is 0 Å². The van der Waals surface area contributed by atoms with Crippen LogP contribution in [0.5, 0.6) is 0 Å². The molecule has 0 saturated heterocycles. The lowest BCUT2D eigenvalue weighted by Crippen LogP contribution is -2.19. The van der Waals surface area contributed by atoms with Gasteiger partial charge >= 0.3 is 0 Å². The summed E-state index contributed by atoms with van der Waals surface area (Å²) in [7, 11) is 0. The Morgan fingerprint density at radius 3 is 3.22 bits per heavy atom. The molecule has 0 N–H and O–H groups in total. The number of hydrogen-bond donors (Lipinski definition) is 0. The van der Waals surface area contributed by atoms with Crippen LogP contribution in [0.1, 0.15) is 5.56 Å². The Labute approximate surface area is 112 Å². The van der Waals surface area contributed by atoms with Gasteiger partial charge in [-0.05, 0) is 18.2 Å². The number of hydrogen-bond acceptors (Lipinski definition) is 4. The Balaban J connectivity index is 1.88. The monoisotopic (exact) mass is 276 g/mol. The Bertz CT molecular complexity index is 702. The lowest BCUT2D eigenvalue weighted by Gasteiger charge is -2.15. The Morgan fingerprint density at radius 1 is 1.33 bits per heavy atom. The highest BCUT2D eigenvalue weighted by Gasteiger charge is 2.28. The number of nitrogens with zero attached hydrogens (tertiary/aromatic N) is 2. The molecule has 0 fully saturated rings. The van der Waals surface area contributed by atoms with Crippen molar-refractivity contribution in [3.05, 3.63) is 40.4 Å². The third kappa shape index (κ3) is 1.44. The van der Waals surface area contributed by atoms with Crippen molar-refractivity contribution in [1.82, 2.24) is 4.90 Å². The molecule has 0 aliphatic carbocycles. The summed E-state index contributed by atoms with van der Waals surface area (Å²) in [5.41, 5.74) is 2.28. The summed E-state index contributed by atoms with van der Waals surface area (Å²) in [5, 5.41) is 6.29. The van der Waals surface area contributed by atoms with E-state index in [1.165, 1.54) is 6.07 Å². The summed E-state index contributed by atoms with van der Waals surface area (Å²) < 4.78 is 14.5. The zero-order chi connectivity index (χ0) is 12.1. The first kappa shape index (κ1) is 10.6. The molecule has 0 spiro atoms. The number of rotatable bonds is 1. The summed E-state index contributed by atoms with van der Waals surface area (Å²) in [6, 6.07) is 4.99. The molecular weight excluding hydrogens is 267 g/mol. The molecule has 2 aliphatic heterocycles. The maximum absolute atomic E-state index is 13.4. The molecule has 5 heteroatoms. The highest BCUT2D eigenvalue weighted by atomic mass is 32.2. The van der Waals surface area contributed by atoms with E-state index in [2.05, 4.69) is 20.7 Å². The molecule has 0 atom stereocenters. The van der Waals surface area contributed by atoms with Crippen molar-refractivity contribution in [2.75, 3.05) is 13.1 Å². The van der Waals surface area contributed by atoms with Gasteiger partial charge in [-0.15, -0.1) is 11.3 Å². The van der Waals surface area contributed by atoms with Crippen molar-refractivity contribution in [3.8, 4) is 0 Å². The standard InChI is InChI=1S/C13H9FN2S2/c14-8-1-2-12-9(5-8)10(6-17-12)11-7-18-13-15-3-4-16(11)13/h1-2,5-7H,3-4H2. The predicted octanol–water partition coefficient (Wildman–Crippen LogP) is 3.76. The van der Waals surface area contributed by atoms with E-state index in [1.54, 1.807) is 29.2 Å². The van der Waals surface area contributed by atoms with Gasteiger partial charge in [-0.25, -0.2) is 4.39 Å². The Hall–Kier alpha value is -1.33. The molecule has 1 aromatic carbocycles. The van der Waals surface area contributed by atoms with Crippen LogP contribution in [0.25, 0.3) is 15.8 Å². The van der Waals surface area contributed by atoms with E-state index >= 15 is 0 Å². The van der Waals surface area contributed by atoms with Crippen LogP contribution in [-0.2, 0) is 0 Å². The van der Waals surface area contributed by atoms with E-state index in [4.69, 9.17) is 0 Å². The van der Waals surface area contributed by atoms with Gasteiger partial charge in [0.1, 0.15) is 5.82 Å². The molecular formula is C13H9FN2S2. The number of benzene rings is 1. The van der Waals surface area contributed by atoms with Crippen LogP contribution >= 0.6 is 23.1 Å². The van der Waals surface area contributed by atoms with Crippen LogP contribution in [0.2, 0.25) is 0 Å². The van der Waals surface area contributed by atoms with Crippen molar-refractivity contribution < 1.29 is 4.39 Å². The van der Waals surface area contributed by atoms with E-state index in [-0.39, 0.29) is 5.82 Å². The second-order valence-corrected chi connectivity index (χ2v) is 5.97. The van der Waals surface area contributed by atoms with Gasteiger partial charge in [0, 0.05) is 33.0 Å². The molecule has 18 heavy (non-hydrogen) atoms. The fraction of sp³-hybridized carbons (Fsp3) is 0.154. The number of thioether (sulfide) groups is 1. The molecule has 0 radical (unpaired) electrons. The second kappa shape index (κ2) is 3.83. The van der Waals surface area contributed by atoms with E-state index in [0.29, 0.717) is 0 Å². The molecule has 4 rings (SSSR count). The second-order valence-electron chi connectivity index (χ2n) is 4.23. The fourth-order valence-corrected chi connectivity index (χ4v) is 4.22. The summed E-state index contributed by atoms with van der Waals surface area (Å²) in [5.74, 6) is -0.177. The van der Waals surface area contributed by atoms with E-state index in [9.17, 15) is 4.39 Å². The van der Waals surface area contributed by atoms with Gasteiger partial charge in [0.05, 0.1) is 12.2 Å². The molecule has 2 aromatic rings. The quantitative estimate of drug-likeness (QED) is 0.788. The third-order valence-electron chi connectivity index (χ3n) is 3.18. The zero-order valence-corrected chi connectivity index (χ0v) is 11.0. The van der Waals surface area contributed by atoms with Gasteiger partial charge in [0.15, 0.2) is 5.17 Å². The molecule has 3 heterocycles. The predicted molar refractivity (Wildman–Crippen MR) is 76.4 cm³/mol. The van der Waals surface area contributed by atoms with Crippen molar-refractivity contribution in [2.45, 2.75) is 0 Å². The minimum atomic E-state index is -0.177. The molecule has 90 valence electrons. The SMILES string of the molecule is Fc1ccc2scc(C3=CSC4=NCCN34)c2c1. The molecule has 0 bridgehead atoms. The molecule has 0 unspecified atom stereocenters. The molecule has 2 nitrogen and oxygen atoms in total. The largest absolute Gasteiger partial charge is 0.318 e. The van der Waals surface area contributed by atoms with Gasteiger partial charge < -0.3 is 4.90 Å². The third-order valence-corrected chi connectivity index (χ3v) is 5.04. The number of amidine groups is 1. The van der Waals surface area contributed by atoms with Crippen LogP contribution in [0, 0.1) is 5.82 Å². The maximum Gasteiger partial charge on any atom is 0.168 e. The van der Waals surface area contributed by atoms with Crippen molar-refractivity contribution in [1.29, 1.82) is 0 Å². The summed E-state index contributed by atoms with van der Waals surface area (Å²) in [6.45, 7) is 1.79. The van der Waals surface area contributed by atoms with Crippen LogP contribution in [0.4, 0.5) is 4.39 Å². The van der Waals surface area contributed by atoms with Crippen molar-refractivity contribution >= 4 is 44.0 Å². The van der Waals surface area contributed by atoms with Crippen molar-refractivity contribution in [2.24, 2.45) is 4.99 Å². The van der Waals surface area contributed by atoms with Crippen LogP contribution < -0.4 is 0 Å². The first-order valence-electron chi connectivity index (χ1n) is 5.69. The number of thiophene rings is 1. The molecule has 0 saturated carbocycles. The van der Waals surface area contributed by atoms with Gasteiger partial charge in [-0.3, -0.25) is 4.99 Å². The smallest absolute Gasteiger partial charge is 0.168 e. The molecule has 2 aliphatic rings. The van der Waals surface area contributed by atoms with Gasteiger partial charge in [0.2, 0.25) is 0 Å². The average Bonchev–Trinajstić information content (AvgIpc) is 3.01. The van der Waals surface area contributed by atoms with E-state index < -0.39 is 0 Å². The van der Waals surface area contributed by atoms with Crippen LogP contribution in [-0.4, -0.2) is 23.2 Å². The minimum Gasteiger partial charge on any atom is -0.318 e. The van der Waals surface area contributed by atoms with Crippen LogP contribution in [0.15, 0.2) is 34.0 Å².